The van der Waals surface area contributed by atoms with Crippen LogP contribution in [0.4, 0.5) is 0 Å². The fourth-order valence-corrected chi connectivity index (χ4v) is 1.85. The molecule has 0 fully saturated rings. The van der Waals surface area contributed by atoms with Crippen LogP contribution < -0.4 is 0 Å². The van der Waals surface area contributed by atoms with Crippen molar-refractivity contribution >= 4 is 11.3 Å². The highest BCUT2D eigenvalue weighted by molar-refractivity contribution is 7.07. The topological polar surface area (TPSA) is 0 Å². The average molecular weight is 212 g/mol. The Bertz CT molecular complexity index is 171. The summed E-state index contributed by atoms with van der Waals surface area (Å²) in [5.74, 6) is 0. The summed E-state index contributed by atoms with van der Waals surface area (Å²) < 4.78 is 0. The Morgan fingerprint density at radius 1 is 1.00 bits per heavy atom. The van der Waals surface area contributed by atoms with Gasteiger partial charge in [-0.2, -0.15) is 11.3 Å². The number of hydrogen-bond donors (Lipinski definition) is 0. The first-order valence-corrected chi connectivity index (χ1v) is 6.74. The lowest BCUT2D eigenvalue weighted by molar-refractivity contribution is 0.624. The molecule has 0 unspecified atom stereocenters. The SMILES string of the molecule is CCCCCCCC.Cc1ccsc1. The normalized spacial score (nSPS) is 9.36. The van der Waals surface area contributed by atoms with Crippen molar-refractivity contribution in [2.24, 2.45) is 0 Å². The van der Waals surface area contributed by atoms with Gasteiger partial charge in [-0.25, -0.2) is 0 Å². The van der Waals surface area contributed by atoms with E-state index in [1.807, 2.05) is 0 Å². The molecule has 0 bridgehead atoms. The first-order chi connectivity index (χ1) is 6.81. The largest absolute Gasteiger partial charge is 0.152 e. The van der Waals surface area contributed by atoms with Crippen LogP contribution in [0.25, 0.3) is 0 Å². The summed E-state index contributed by atoms with van der Waals surface area (Å²) in [6.45, 7) is 6.61. The predicted molar refractivity (Wildman–Crippen MR) is 68.1 cm³/mol. The van der Waals surface area contributed by atoms with Crippen molar-refractivity contribution < 1.29 is 0 Å². The van der Waals surface area contributed by atoms with Crippen LogP contribution in [0.15, 0.2) is 16.8 Å². The van der Waals surface area contributed by atoms with Gasteiger partial charge in [0.1, 0.15) is 0 Å². The van der Waals surface area contributed by atoms with E-state index in [0.717, 1.165) is 0 Å². The fraction of sp³-hybridized carbons (Fsp3) is 0.692. The van der Waals surface area contributed by atoms with Gasteiger partial charge in [-0.1, -0.05) is 52.4 Å². The lowest BCUT2D eigenvalue weighted by atomic mass is 10.1. The quantitative estimate of drug-likeness (QED) is 0.571. The van der Waals surface area contributed by atoms with Gasteiger partial charge in [-0.15, -0.1) is 0 Å². The Labute approximate surface area is 93.4 Å². The third-order valence-electron chi connectivity index (χ3n) is 2.12. The Morgan fingerprint density at radius 3 is 1.79 bits per heavy atom. The molecule has 1 aromatic rings. The van der Waals surface area contributed by atoms with Crippen molar-refractivity contribution in [3.8, 4) is 0 Å². The molecule has 0 aliphatic rings. The summed E-state index contributed by atoms with van der Waals surface area (Å²) in [7, 11) is 0. The van der Waals surface area contributed by atoms with E-state index in [9.17, 15) is 0 Å². The number of rotatable bonds is 5. The lowest BCUT2D eigenvalue weighted by Crippen LogP contribution is -1.73. The number of hydrogen-bond acceptors (Lipinski definition) is 1. The molecule has 1 heterocycles. The molecule has 14 heavy (non-hydrogen) atoms. The predicted octanol–water partition coefficient (Wildman–Crippen LogP) is 5.42. The molecule has 0 nitrogen and oxygen atoms in total. The summed E-state index contributed by atoms with van der Waals surface area (Å²) in [5, 5.41) is 4.20. The standard InChI is InChI=1S/C8H18.C5H6S/c1-3-5-7-8-6-4-2;1-5-2-3-6-4-5/h3-8H2,1-2H3;2-4H,1H3. The number of unbranched alkanes of at least 4 members (excludes halogenated alkanes) is 5. The zero-order valence-electron chi connectivity index (χ0n) is 9.88. The van der Waals surface area contributed by atoms with Crippen LogP contribution in [0.5, 0.6) is 0 Å². The Kier molecular flexibility index (Phi) is 10.5. The van der Waals surface area contributed by atoms with Crippen molar-refractivity contribution in [3.05, 3.63) is 22.4 Å². The molecule has 0 saturated heterocycles. The molecule has 1 aromatic heterocycles. The van der Waals surface area contributed by atoms with Crippen molar-refractivity contribution in [1.82, 2.24) is 0 Å². The molecular formula is C13H24S. The molecule has 0 N–H and O–H groups in total. The van der Waals surface area contributed by atoms with E-state index in [0.29, 0.717) is 0 Å². The smallest absolute Gasteiger partial charge is 0.00641 e. The first kappa shape index (κ1) is 13.7. The highest BCUT2D eigenvalue weighted by Gasteiger charge is 1.83. The molecule has 0 radical (unpaired) electrons. The van der Waals surface area contributed by atoms with Gasteiger partial charge in [0.2, 0.25) is 0 Å². The second kappa shape index (κ2) is 10.8. The highest BCUT2D eigenvalue weighted by Crippen LogP contribution is 2.03. The third kappa shape index (κ3) is 9.79. The molecule has 0 aliphatic carbocycles. The summed E-state index contributed by atoms with van der Waals surface area (Å²) in [6, 6.07) is 2.10. The number of thiophene rings is 1. The second-order valence-corrected chi connectivity index (χ2v) is 4.49. The van der Waals surface area contributed by atoms with Crippen LogP contribution in [0.1, 0.15) is 57.9 Å². The maximum absolute atomic E-state index is 2.26. The van der Waals surface area contributed by atoms with E-state index in [1.54, 1.807) is 11.3 Å². The van der Waals surface area contributed by atoms with Crippen LogP contribution in [0.3, 0.4) is 0 Å². The minimum atomic E-state index is 1.36. The summed E-state index contributed by atoms with van der Waals surface area (Å²) in [5.41, 5.74) is 1.36. The van der Waals surface area contributed by atoms with E-state index in [-0.39, 0.29) is 0 Å². The van der Waals surface area contributed by atoms with Gasteiger partial charge in [0.15, 0.2) is 0 Å². The first-order valence-electron chi connectivity index (χ1n) is 5.80. The van der Waals surface area contributed by atoms with Crippen LogP contribution >= 0.6 is 11.3 Å². The molecule has 0 aliphatic heterocycles. The van der Waals surface area contributed by atoms with Gasteiger partial charge in [0.25, 0.3) is 0 Å². The molecule has 0 spiro atoms. The highest BCUT2D eigenvalue weighted by atomic mass is 32.1. The summed E-state index contributed by atoms with van der Waals surface area (Å²) in [6.07, 6.45) is 8.49. The minimum absolute atomic E-state index is 1.36. The molecular weight excluding hydrogens is 188 g/mol. The van der Waals surface area contributed by atoms with Crippen LogP contribution in [0, 0.1) is 6.92 Å². The second-order valence-electron chi connectivity index (χ2n) is 3.71. The van der Waals surface area contributed by atoms with Crippen molar-refractivity contribution in [3.63, 3.8) is 0 Å². The molecule has 1 rings (SSSR count). The lowest BCUT2D eigenvalue weighted by Gasteiger charge is -1.93. The van der Waals surface area contributed by atoms with Crippen LogP contribution in [-0.2, 0) is 0 Å². The monoisotopic (exact) mass is 212 g/mol. The van der Waals surface area contributed by atoms with E-state index < -0.39 is 0 Å². The molecule has 0 saturated carbocycles. The molecule has 0 amide bonds. The van der Waals surface area contributed by atoms with Gasteiger partial charge in [0, 0.05) is 0 Å². The van der Waals surface area contributed by atoms with Crippen LogP contribution in [0.2, 0.25) is 0 Å². The maximum atomic E-state index is 2.26. The zero-order chi connectivity index (χ0) is 10.6. The number of aryl methyl sites for hydroxylation is 1. The molecule has 0 atom stereocenters. The van der Waals surface area contributed by atoms with E-state index in [1.165, 1.54) is 44.1 Å². The van der Waals surface area contributed by atoms with Gasteiger partial charge < -0.3 is 0 Å². The van der Waals surface area contributed by atoms with Gasteiger partial charge >= 0.3 is 0 Å². The average Bonchev–Trinajstić information content (AvgIpc) is 2.65. The maximum Gasteiger partial charge on any atom is -0.00641 e. The van der Waals surface area contributed by atoms with Crippen molar-refractivity contribution in [2.75, 3.05) is 0 Å². The van der Waals surface area contributed by atoms with Crippen molar-refractivity contribution in [1.29, 1.82) is 0 Å². The Balaban J connectivity index is 0.000000249. The van der Waals surface area contributed by atoms with E-state index >= 15 is 0 Å². The van der Waals surface area contributed by atoms with Gasteiger partial charge in [-0.05, 0) is 29.3 Å². The summed E-state index contributed by atoms with van der Waals surface area (Å²) in [4.78, 5) is 0. The van der Waals surface area contributed by atoms with Crippen molar-refractivity contribution in [2.45, 2.75) is 59.3 Å². The fourth-order valence-electron chi connectivity index (χ4n) is 1.19. The van der Waals surface area contributed by atoms with E-state index in [4.69, 9.17) is 0 Å². The van der Waals surface area contributed by atoms with Gasteiger partial charge in [0.05, 0.1) is 0 Å². The van der Waals surface area contributed by atoms with Crippen LogP contribution in [-0.4, -0.2) is 0 Å². The zero-order valence-corrected chi connectivity index (χ0v) is 10.7. The Hall–Kier alpha value is -0.300. The summed E-state index contributed by atoms with van der Waals surface area (Å²) >= 11 is 1.74. The molecule has 0 aromatic carbocycles. The molecule has 1 heteroatoms. The van der Waals surface area contributed by atoms with Gasteiger partial charge in [-0.3, -0.25) is 0 Å². The minimum Gasteiger partial charge on any atom is -0.152 e. The Morgan fingerprint density at radius 2 is 1.57 bits per heavy atom. The van der Waals surface area contributed by atoms with E-state index in [2.05, 4.69) is 37.6 Å². The molecule has 82 valence electrons. The third-order valence-corrected chi connectivity index (χ3v) is 2.92.